The highest BCUT2D eigenvalue weighted by molar-refractivity contribution is 6.21. The van der Waals surface area contributed by atoms with E-state index in [4.69, 9.17) is 0 Å². The normalized spacial score (nSPS) is 11.8. The van der Waals surface area contributed by atoms with Crippen LogP contribution in [0.5, 0.6) is 5.75 Å². The molecule has 0 bridgehead atoms. The van der Waals surface area contributed by atoms with Crippen molar-refractivity contribution in [2.24, 2.45) is 5.92 Å². The zero-order valence-corrected chi connectivity index (χ0v) is 30.6. The Morgan fingerprint density at radius 2 is 1.45 bits per heavy atom. The van der Waals surface area contributed by atoms with Gasteiger partial charge in [0.2, 0.25) is 0 Å². The minimum Gasteiger partial charge on any atom is -0.507 e. The fourth-order valence-corrected chi connectivity index (χ4v) is 4.86. The number of amides is 2. The fourth-order valence-electron chi connectivity index (χ4n) is 4.86. The number of rotatable bonds is 8. The van der Waals surface area contributed by atoms with Crippen LogP contribution in [0.4, 0.5) is 4.39 Å². The molecule has 4 aromatic rings. The number of nitrogens with zero attached hydrogens (tertiary/aromatic N) is 2. The zero-order chi connectivity index (χ0) is 37.1. The zero-order valence-electron chi connectivity index (χ0n) is 30.6. The Bertz CT molecular complexity index is 1610. The Kier molecular flexibility index (Phi) is 19.0. The number of ketones is 2. The lowest BCUT2D eigenvalue weighted by Gasteiger charge is -2.15. The maximum Gasteiger partial charge on any atom is 0.261 e. The number of halogens is 1. The largest absolute Gasteiger partial charge is 0.507 e. The summed E-state index contributed by atoms with van der Waals surface area (Å²) in [6, 6.07) is 19.3. The number of phenols is 1. The predicted molar refractivity (Wildman–Crippen MR) is 196 cm³/mol. The number of para-hydroxylation sites is 1. The second kappa shape index (κ2) is 22.0. The molecule has 2 amide bonds. The van der Waals surface area contributed by atoms with Crippen molar-refractivity contribution in [1.29, 1.82) is 0 Å². The molecule has 0 fully saturated rings. The van der Waals surface area contributed by atoms with Gasteiger partial charge in [-0.15, -0.1) is 0 Å². The molecule has 2 heterocycles. The quantitative estimate of drug-likeness (QED) is 0.187. The lowest BCUT2D eigenvalue weighted by molar-refractivity contribution is -0.117. The summed E-state index contributed by atoms with van der Waals surface area (Å²) in [7, 11) is 0. The Morgan fingerprint density at radius 3 is 1.98 bits per heavy atom. The molecule has 0 radical (unpaired) electrons. The van der Waals surface area contributed by atoms with Gasteiger partial charge >= 0.3 is 0 Å². The first-order valence-electron chi connectivity index (χ1n) is 17.0. The van der Waals surface area contributed by atoms with Crippen LogP contribution in [-0.2, 0) is 16.0 Å². The van der Waals surface area contributed by atoms with E-state index in [-0.39, 0.29) is 29.2 Å². The van der Waals surface area contributed by atoms with Crippen LogP contribution in [0.25, 0.3) is 10.8 Å². The van der Waals surface area contributed by atoms with Gasteiger partial charge < -0.3 is 14.7 Å². The third-order valence-electron chi connectivity index (χ3n) is 7.47. The average molecular weight is 673 g/mol. The molecule has 1 unspecified atom stereocenters. The lowest BCUT2D eigenvalue weighted by atomic mass is 9.98. The van der Waals surface area contributed by atoms with Gasteiger partial charge in [-0.1, -0.05) is 58.0 Å². The first-order valence-corrected chi connectivity index (χ1v) is 17.0. The Hall–Kier alpha value is -4.72. The standard InChI is InChI=1S/C17H21NO3.C10H8FN.C9H12O.C3H6O.C2H6/c1-12(9-10-13(2)19)6-5-11-18-16(20)14-7-3-4-8-15(14)17(18)21;1-7-4-9-5-10(11)3-2-8(9)6-12-7;1-3-8-6-4-5-7(2)9(8)10;1-3(2)4;1-2/h3-4,7-8,12H,5-6,9-11H2,1-2H3;2-6H,1H3;4-6,10H,3H2,1-2H3;1-2H3;1-2H3. The van der Waals surface area contributed by atoms with Crippen LogP contribution in [0.3, 0.4) is 0 Å². The number of benzene rings is 3. The molecular weight excluding hydrogens is 619 g/mol. The lowest BCUT2D eigenvalue weighted by Crippen LogP contribution is -2.30. The number of phenolic OH excluding ortho intramolecular Hbond substituents is 1. The molecule has 0 aliphatic carbocycles. The van der Waals surface area contributed by atoms with Crippen molar-refractivity contribution in [3.8, 4) is 5.75 Å². The highest BCUT2D eigenvalue weighted by Crippen LogP contribution is 2.24. The molecule has 1 N–H and O–H groups in total. The van der Waals surface area contributed by atoms with Gasteiger partial charge in [0.15, 0.2) is 0 Å². The first-order chi connectivity index (χ1) is 23.2. The van der Waals surface area contributed by atoms with Crippen LogP contribution in [0.15, 0.2) is 72.9 Å². The number of fused-ring (bicyclic) bond motifs is 2. The molecule has 264 valence electrons. The molecule has 7 nitrogen and oxygen atoms in total. The van der Waals surface area contributed by atoms with Gasteiger partial charge in [-0.2, -0.15) is 0 Å². The molecule has 3 aromatic carbocycles. The number of aromatic hydroxyl groups is 1. The maximum absolute atomic E-state index is 12.7. The number of hydrogen-bond donors (Lipinski definition) is 1. The second-order valence-corrected chi connectivity index (χ2v) is 12.0. The van der Waals surface area contributed by atoms with Crippen LogP contribution in [-0.4, -0.2) is 44.9 Å². The summed E-state index contributed by atoms with van der Waals surface area (Å²) in [5.74, 6) is 0.684. The molecule has 1 atom stereocenters. The highest BCUT2D eigenvalue weighted by Gasteiger charge is 2.34. The topological polar surface area (TPSA) is 105 Å². The Labute approximate surface area is 291 Å². The second-order valence-electron chi connectivity index (χ2n) is 12.0. The summed E-state index contributed by atoms with van der Waals surface area (Å²) in [4.78, 5) is 50.2. The Morgan fingerprint density at radius 1 is 0.857 bits per heavy atom. The van der Waals surface area contributed by atoms with Crippen molar-refractivity contribution in [3.05, 3.63) is 107 Å². The molecular formula is C41H53FN2O5. The molecule has 5 rings (SSSR count). The van der Waals surface area contributed by atoms with E-state index in [1.54, 1.807) is 43.5 Å². The van der Waals surface area contributed by atoms with E-state index < -0.39 is 0 Å². The van der Waals surface area contributed by atoms with E-state index >= 15 is 0 Å². The number of aryl methyl sites for hydroxylation is 3. The van der Waals surface area contributed by atoms with E-state index in [1.807, 2.05) is 58.9 Å². The van der Waals surface area contributed by atoms with E-state index in [1.165, 1.54) is 30.9 Å². The van der Waals surface area contributed by atoms with Gasteiger partial charge in [-0.25, -0.2) is 4.39 Å². The van der Waals surface area contributed by atoms with Crippen LogP contribution in [0.2, 0.25) is 0 Å². The number of imide groups is 1. The van der Waals surface area contributed by atoms with Crippen molar-refractivity contribution >= 4 is 34.2 Å². The Balaban J connectivity index is 0.000000363. The van der Waals surface area contributed by atoms with E-state index in [0.29, 0.717) is 35.8 Å². The van der Waals surface area contributed by atoms with Crippen molar-refractivity contribution < 1.29 is 28.7 Å². The highest BCUT2D eigenvalue weighted by atomic mass is 19.1. The van der Waals surface area contributed by atoms with E-state index in [9.17, 15) is 28.7 Å². The molecule has 49 heavy (non-hydrogen) atoms. The van der Waals surface area contributed by atoms with Crippen molar-refractivity contribution in [3.63, 3.8) is 0 Å². The van der Waals surface area contributed by atoms with Crippen LogP contribution in [0, 0.1) is 25.6 Å². The van der Waals surface area contributed by atoms with Crippen LogP contribution < -0.4 is 0 Å². The maximum atomic E-state index is 12.7. The summed E-state index contributed by atoms with van der Waals surface area (Å²) in [5.41, 5.74) is 3.91. The van der Waals surface area contributed by atoms with Gasteiger partial charge in [0.25, 0.3) is 11.8 Å². The molecule has 0 saturated carbocycles. The summed E-state index contributed by atoms with van der Waals surface area (Å²) in [6.07, 6.45) is 5.83. The number of carbonyl (C=O) groups is 4. The monoisotopic (exact) mass is 672 g/mol. The van der Waals surface area contributed by atoms with Crippen molar-refractivity contribution in [1.82, 2.24) is 9.88 Å². The van der Waals surface area contributed by atoms with Gasteiger partial charge in [-0.3, -0.25) is 19.5 Å². The van der Waals surface area contributed by atoms with Gasteiger partial charge in [0.05, 0.1) is 11.1 Å². The van der Waals surface area contributed by atoms with E-state index in [0.717, 1.165) is 53.3 Å². The van der Waals surface area contributed by atoms with Crippen molar-refractivity contribution in [2.75, 3.05) is 6.54 Å². The summed E-state index contributed by atoms with van der Waals surface area (Å²) in [5, 5.41) is 11.3. The van der Waals surface area contributed by atoms with Gasteiger partial charge in [-0.05, 0) is 119 Å². The van der Waals surface area contributed by atoms with Gasteiger partial charge in [0.1, 0.15) is 23.1 Å². The third kappa shape index (κ3) is 14.5. The van der Waals surface area contributed by atoms with Crippen molar-refractivity contribution in [2.45, 2.75) is 94.4 Å². The predicted octanol–water partition coefficient (Wildman–Crippen LogP) is 9.63. The molecule has 1 aliphatic heterocycles. The summed E-state index contributed by atoms with van der Waals surface area (Å²) >= 11 is 0. The van der Waals surface area contributed by atoms with Crippen LogP contribution >= 0.6 is 0 Å². The SMILES string of the molecule is CC.CC(=O)CCC(C)CCCN1C(=O)c2ccccc2C1=O.CC(C)=O.CCc1cccc(C)c1O.Cc1cc2cc(F)ccc2cn1. The third-order valence-corrected chi connectivity index (χ3v) is 7.47. The minimum absolute atomic E-state index is 0.167. The molecule has 1 aromatic heterocycles. The van der Waals surface area contributed by atoms with Crippen LogP contribution in [0.1, 0.15) is 112 Å². The number of hydrogen-bond acceptors (Lipinski definition) is 6. The number of pyridine rings is 1. The number of carbonyl (C=O) groups excluding carboxylic acids is 4. The number of Topliss-reactive ketones (excluding diaryl/α,β-unsaturated/α-hetero) is 2. The fraction of sp³-hybridized carbons (Fsp3) is 0.390. The molecule has 1 aliphatic rings. The first kappa shape index (κ1) is 42.3. The van der Waals surface area contributed by atoms with Gasteiger partial charge in [0, 0.05) is 30.2 Å². The molecule has 0 spiro atoms. The molecule has 0 saturated heterocycles. The van der Waals surface area contributed by atoms with E-state index in [2.05, 4.69) is 11.9 Å². The number of aromatic nitrogens is 1. The minimum atomic E-state index is -0.201. The smallest absolute Gasteiger partial charge is 0.261 e. The molecule has 8 heteroatoms. The summed E-state index contributed by atoms with van der Waals surface area (Å²) in [6.45, 7) is 17.1. The summed E-state index contributed by atoms with van der Waals surface area (Å²) < 4.78 is 12.7. The average Bonchev–Trinajstić information content (AvgIpc) is 3.31.